The molecule has 7 nitrogen and oxygen atoms in total. The largest absolute Gasteiger partial charge is 0.322 e. The molecule has 0 bridgehead atoms. The second-order valence-corrected chi connectivity index (χ2v) is 9.36. The smallest absolute Gasteiger partial charge is 0.255 e. The molecule has 1 aromatic rings. The van der Waals surface area contributed by atoms with E-state index in [0.29, 0.717) is 30.0 Å². The van der Waals surface area contributed by atoms with E-state index in [1.165, 1.54) is 37.7 Å². The third-order valence-electron chi connectivity index (χ3n) is 7.54. The number of imide groups is 1. The molecule has 3 aliphatic heterocycles. The van der Waals surface area contributed by atoms with Gasteiger partial charge < -0.3 is 15.5 Å². The van der Waals surface area contributed by atoms with Gasteiger partial charge in [0.05, 0.1) is 0 Å². The summed E-state index contributed by atoms with van der Waals surface area (Å²) in [4.78, 5) is 38.0. The highest BCUT2D eigenvalue weighted by molar-refractivity contribution is 6.05. The molecule has 5 rings (SSSR count). The van der Waals surface area contributed by atoms with Gasteiger partial charge in [0.2, 0.25) is 11.8 Å². The van der Waals surface area contributed by atoms with Crippen LogP contribution in [0.5, 0.6) is 0 Å². The van der Waals surface area contributed by atoms with E-state index in [0.717, 1.165) is 25.2 Å². The molecule has 0 aromatic heterocycles. The van der Waals surface area contributed by atoms with Crippen LogP contribution >= 0.6 is 0 Å². The average molecular weight is 411 g/mol. The van der Waals surface area contributed by atoms with Crippen LogP contribution in [-0.4, -0.2) is 47.8 Å². The lowest BCUT2D eigenvalue weighted by Crippen LogP contribution is -2.52. The Hall–Kier alpha value is -2.25. The van der Waals surface area contributed by atoms with E-state index >= 15 is 0 Å². The first-order valence-electron chi connectivity index (χ1n) is 11.3. The minimum atomic E-state index is -0.554. The Labute approximate surface area is 177 Å². The molecule has 30 heavy (non-hydrogen) atoms. The van der Waals surface area contributed by atoms with Crippen molar-refractivity contribution in [3.05, 3.63) is 34.9 Å². The van der Waals surface area contributed by atoms with Crippen LogP contribution in [0.3, 0.4) is 0 Å². The SMILES string of the molecule is O=C1CCC(N2Cc3cc(CNCC45CCCNC4CCC5)ccc3C2=O)C(=O)N1. The first-order chi connectivity index (χ1) is 14.6. The molecular formula is C23H30N4O3. The van der Waals surface area contributed by atoms with Gasteiger partial charge in [0.15, 0.2) is 0 Å². The van der Waals surface area contributed by atoms with Crippen molar-refractivity contribution in [2.45, 2.75) is 70.1 Å². The van der Waals surface area contributed by atoms with Crippen LogP contribution in [0.15, 0.2) is 18.2 Å². The lowest BCUT2D eigenvalue weighted by molar-refractivity contribution is -0.136. The van der Waals surface area contributed by atoms with Crippen LogP contribution in [0.25, 0.3) is 0 Å². The Morgan fingerprint density at radius 2 is 2.00 bits per heavy atom. The number of rotatable bonds is 5. The zero-order chi connectivity index (χ0) is 20.7. The summed E-state index contributed by atoms with van der Waals surface area (Å²) in [5, 5.41) is 9.75. The predicted octanol–water partition coefficient (Wildman–Crippen LogP) is 1.46. The fraction of sp³-hybridized carbons (Fsp3) is 0.609. The molecule has 7 heteroatoms. The van der Waals surface area contributed by atoms with Gasteiger partial charge >= 0.3 is 0 Å². The van der Waals surface area contributed by atoms with Gasteiger partial charge in [0.1, 0.15) is 6.04 Å². The summed E-state index contributed by atoms with van der Waals surface area (Å²) in [5.74, 6) is -0.730. The average Bonchev–Trinajstić information content (AvgIpc) is 3.29. The molecule has 3 fully saturated rings. The molecular weight excluding hydrogens is 380 g/mol. The first-order valence-corrected chi connectivity index (χ1v) is 11.3. The van der Waals surface area contributed by atoms with Crippen LogP contribution < -0.4 is 16.0 Å². The molecule has 1 saturated carbocycles. The highest BCUT2D eigenvalue weighted by atomic mass is 16.2. The molecule has 0 radical (unpaired) electrons. The Morgan fingerprint density at radius 3 is 2.87 bits per heavy atom. The summed E-state index contributed by atoms with van der Waals surface area (Å²) >= 11 is 0. The quantitative estimate of drug-likeness (QED) is 0.640. The molecule has 1 aliphatic carbocycles. The Balaban J connectivity index is 1.22. The number of carbonyl (C=O) groups excluding carboxylic acids is 3. The number of fused-ring (bicyclic) bond motifs is 2. The summed E-state index contributed by atoms with van der Waals surface area (Å²) in [6.45, 7) is 3.40. The molecule has 3 N–H and O–H groups in total. The number of nitrogens with zero attached hydrogens (tertiary/aromatic N) is 1. The van der Waals surface area contributed by atoms with Gasteiger partial charge in [-0.25, -0.2) is 0 Å². The minimum absolute atomic E-state index is 0.111. The van der Waals surface area contributed by atoms with Crippen molar-refractivity contribution < 1.29 is 14.4 Å². The summed E-state index contributed by atoms with van der Waals surface area (Å²) in [6, 6.07) is 6.09. The van der Waals surface area contributed by atoms with E-state index < -0.39 is 6.04 Å². The number of benzene rings is 1. The van der Waals surface area contributed by atoms with Crippen molar-refractivity contribution in [1.82, 2.24) is 20.9 Å². The zero-order valence-corrected chi connectivity index (χ0v) is 17.3. The van der Waals surface area contributed by atoms with Crippen molar-refractivity contribution in [2.24, 2.45) is 5.41 Å². The summed E-state index contributed by atoms with van der Waals surface area (Å²) in [7, 11) is 0. The first kappa shape index (κ1) is 19.7. The second-order valence-electron chi connectivity index (χ2n) is 9.36. The molecule has 1 aromatic carbocycles. The van der Waals surface area contributed by atoms with Crippen molar-refractivity contribution >= 4 is 17.7 Å². The fourth-order valence-electron chi connectivity index (χ4n) is 5.97. The van der Waals surface area contributed by atoms with Gasteiger partial charge in [-0.15, -0.1) is 0 Å². The standard InChI is InChI=1S/C23H30N4O3/c28-20-7-6-18(21(29)26-20)27-13-16-11-15(4-5-17(16)22(27)30)12-24-14-23-8-1-3-19(23)25-10-2-9-23/h4-5,11,18-19,24-25H,1-3,6-10,12-14H2,(H,26,28,29). The van der Waals surface area contributed by atoms with Gasteiger partial charge in [-0.2, -0.15) is 0 Å². The van der Waals surface area contributed by atoms with Gasteiger partial charge in [0.25, 0.3) is 5.91 Å². The summed E-state index contributed by atoms with van der Waals surface area (Å²) < 4.78 is 0. The maximum Gasteiger partial charge on any atom is 0.255 e. The normalized spacial score (nSPS) is 30.9. The number of piperidine rings is 2. The minimum Gasteiger partial charge on any atom is -0.322 e. The number of amides is 3. The van der Waals surface area contributed by atoms with Crippen molar-refractivity contribution in [3.63, 3.8) is 0 Å². The van der Waals surface area contributed by atoms with E-state index in [4.69, 9.17) is 0 Å². The number of carbonyl (C=O) groups is 3. The Morgan fingerprint density at radius 1 is 1.13 bits per heavy atom. The van der Waals surface area contributed by atoms with Crippen LogP contribution in [0.1, 0.15) is 66.4 Å². The van der Waals surface area contributed by atoms with Crippen LogP contribution in [0.4, 0.5) is 0 Å². The second kappa shape index (κ2) is 7.78. The van der Waals surface area contributed by atoms with E-state index in [1.54, 1.807) is 4.90 Å². The van der Waals surface area contributed by atoms with E-state index in [1.807, 2.05) is 12.1 Å². The van der Waals surface area contributed by atoms with Crippen molar-refractivity contribution in [1.29, 1.82) is 0 Å². The highest BCUT2D eigenvalue weighted by Crippen LogP contribution is 2.43. The van der Waals surface area contributed by atoms with Gasteiger partial charge in [-0.05, 0) is 61.3 Å². The molecule has 160 valence electrons. The predicted molar refractivity (Wildman–Crippen MR) is 112 cm³/mol. The Bertz CT molecular complexity index is 885. The van der Waals surface area contributed by atoms with Gasteiger partial charge in [0, 0.05) is 37.7 Å². The maximum atomic E-state index is 12.8. The number of hydrogen-bond donors (Lipinski definition) is 3. The lowest BCUT2D eigenvalue weighted by Gasteiger charge is -2.40. The van der Waals surface area contributed by atoms with Crippen LogP contribution in [-0.2, 0) is 22.7 Å². The maximum absolute atomic E-state index is 12.8. The molecule has 3 heterocycles. The van der Waals surface area contributed by atoms with Gasteiger partial charge in [-0.1, -0.05) is 18.6 Å². The van der Waals surface area contributed by atoms with E-state index in [2.05, 4.69) is 22.0 Å². The monoisotopic (exact) mass is 410 g/mol. The third-order valence-corrected chi connectivity index (χ3v) is 7.54. The fourth-order valence-corrected chi connectivity index (χ4v) is 5.97. The van der Waals surface area contributed by atoms with Crippen LogP contribution in [0, 0.1) is 5.41 Å². The van der Waals surface area contributed by atoms with Crippen molar-refractivity contribution in [2.75, 3.05) is 13.1 Å². The zero-order valence-electron chi connectivity index (χ0n) is 17.3. The number of nitrogens with one attached hydrogen (secondary N) is 3. The third kappa shape index (κ3) is 3.44. The number of hydrogen-bond acceptors (Lipinski definition) is 5. The molecule has 3 amide bonds. The van der Waals surface area contributed by atoms with E-state index in [-0.39, 0.29) is 24.1 Å². The summed E-state index contributed by atoms with van der Waals surface area (Å²) in [6.07, 6.45) is 7.15. The van der Waals surface area contributed by atoms with Gasteiger partial charge in [-0.3, -0.25) is 19.7 Å². The molecule has 3 atom stereocenters. The van der Waals surface area contributed by atoms with Crippen LogP contribution in [0.2, 0.25) is 0 Å². The Kier molecular flexibility index (Phi) is 5.11. The molecule has 3 unspecified atom stereocenters. The van der Waals surface area contributed by atoms with Crippen molar-refractivity contribution in [3.8, 4) is 0 Å². The highest BCUT2D eigenvalue weighted by Gasteiger charge is 2.43. The van der Waals surface area contributed by atoms with E-state index in [9.17, 15) is 14.4 Å². The molecule has 4 aliphatic rings. The summed E-state index contributed by atoms with van der Waals surface area (Å²) in [5.41, 5.74) is 3.21. The molecule has 2 saturated heterocycles. The lowest BCUT2D eigenvalue weighted by atomic mass is 9.76. The molecule has 0 spiro atoms. The topological polar surface area (TPSA) is 90.5 Å².